The number of hydrogen-bond acceptors (Lipinski definition) is 4. The maximum Gasteiger partial charge on any atom is 0.165 e. The molecule has 352 valence electrons. The summed E-state index contributed by atoms with van der Waals surface area (Å²) in [5, 5.41) is -0.490. The minimum absolute atomic E-state index is 0.0366. The highest BCUT2D eigenvalue weighted by Gasteiger charge is 2.25. The van der Waals surface area contributed by atoms with E-state index in [4.69, 9.17) is 95.8 Å². The molecule has 8 heteroatoms. The molecule has 0 heterocycles. The average molecular weight is 991 g/mol. The molecular formula is C56H76Cl4O4. The minimum Gasteiger partial charge on any atom is -0.294 e. The molecule has 4 aromatic rings. The Bertz CT molecular complexity index is 3490. The second-order valence-corrected chi connectivity index (χ2v) is 17.9. The van der Waals surface area contributed by atoms with Crippen LogP contribution in [0.2, 0.25) is 20.1 Å². The van der Waals surface area contributed by atoms with E-state index in [9.17, 15) is 19.2 Å². The lowest BCUT2D eigenvalue weighted by Crippen LogP contribution is -2.18. The molecule has 0 spiro atoms. The van der Waals surface area contributed by atoms with Gasteiger partial charge in [-0.1, -0.05) is 205 Å². The van der Waals surface area contributed by atoms with Gasteiger partial charge in [0, 0.05) is 104 Å². The molecule has 0 aliphatic carbocycles. The summed E-state index contributed by atoms with van der Waals surface area (Å²) in [6.07, 6.45) is -3.06. The van der Waals surface area contributed by atoms with Crippen molar-refractivity contribution < 1.29 is 68.5 Å². The third kappa shape index (κ3) is 24.9. The van der Waals surface area contributed by atoms with Gasteiger partial charge in [0.1, 0.15) is 0 Å². The molecule has 4 aromatic carbocycles. The fraction of sp³-hybridized carbons (Fsp3) is 0.500. The predicted molar refractivity (Wildman–Crippen MR) is 276 cm³/mol. The third-order valence-corrected chi connectivity index (χ3v) is 8.69. The maximum atomic E-state index is 13.0. The van der Waals surface area contributed by atoms with Crippen molar-refractivity contribution in [1.82, 2.24) is 0 Å². The van der Waals surface area contributed by atoms with Gasteiger partial charge in [0.15, 0.2) is 23.1 Å². The summed E-state index contributed by atoms with van der Waals surface area (Å²) in [6, 6.07) is 6.22. The molecule has 0 unspecified atom stereocenters. The van der Waals surface area contributed by atoms with Crippen molar-refractivity contribution in [1.29, 1.82) is 0 Å². The zero-order chi connectivity index (χ0) is 80.0. The van der Waals surface area contributed by atoms with E-state index in [1.54, 1.807) is 12.1 Å². The van der Waals surface area contributed by atoms with Gasteiger partial charge in [-0.3, -0.25) is 19.2 Å². The van der Waals surface area contributed by atoms with Gasteiger partial charge in [0.25, 0.3) is 0 Å². The summed E-state index contributed by atoms with van der Waals surface area (Å²) < 4.78 is 277. The fourth-order valence-corrected chi connectivity index (χ4v) is 6.15. The van der Waals surface area contributed by atoms with Gasteiger partial charge in [0.2, 0.25) is 0 Å². The lowest BCUT2D eigenvalue weighted by atomic mass is 9.82. The fourth-order valence-electron chi connectivity index (χ4n) is 5.49. The van der Waals surface area contributed by atoms with Gasteiger partial charge in [-0.05, 0) is 95.8 Å². The standard InChI is InChI=1S/4C14H19ClO/c4*1-10(9-14(2,3)4)13(16)11-6-5-7-12(15)8-11/h4*5-8,10H,9H2,1-4H3/t4*10-/m0000/s1/i2D3,3D3,4D3,5D,6D,7D,8D,10D;5D,6D,7D,8D,10D;2D3,3D3,4D3,10D;2D3,3D3,10D. The molecule has 0 radical (unpaired) electrons. The molecule has 0 saturated carbocycles. The lowest BCUT2D eigenvalue weighted by Gasteiger charge is -2.22. The highest BCUT2D eigenvalue weighted by Crippen LogP contribution is 2.30. The first kappa shape index (κ1) is 23.1. The molecule has 4 atom stereocenters. The molecule has 0 N–H and O–H groups in total. The molecule has 0 amide bonds. The summed E-state index contributed by atoms with van der Waals surface area (Å²) in [5.41, 5.74) is -10.3. The highest BCUT2D eigenvalue weighted by molar-refractivity contribution is 6.32. The summed E-state index contributed by atoms with van der Waals surface area (Å²) in [6.45, 7) is -15.8. The van der Waals surface area contributed by atoms with Gasteiger partial charge in [-0.15, -0.1) is 0 Å². The van der Waals surface area contributed by atoms with Crippen LogP contribution in [0.15, 0.2) is 96.9 Å². The Balaban J connectivity index is 0.000000672. The van der Waals surface area contributed by atoms with Crippen LogP contribution < -0.4 is 0 Å². The van der Waals surface area contributed by atoms with Crippen LogP contribution in [-0.2, 0) is 0 Å². The number of hydrogen-bond donors (Lipinski definition) is 0. The van der Waals surface area contributed by atoms with E-state index < -0.39 is 196 Å². The van der Waals surface area contributed by atoms with Gasteiger partial charge < -0.3 is 0 Å². The molecule has 4 rings (SSSR count). The normalized spacial score (nSPS) is 25.3. The second-order valence-electron chi connectivity index (χ2n) is 16.2. The van der Waals surface area contributed by atoms with Gasteiger partial charge in [0.05, 0.1) is 11.0 Å². The van der Waals surface area contributed by atoms with Crippen LogP contribution in [-0.4, -0.2) is 23.1 Å². The predicted octanol–water partition coefficient (Wildman–Crippen LogP) is 18.4. The summed E-state index contributed by atoms with van der Waals surface area (Å²) >= 11 is 23.2. The van der Waals surface area contributed by atoms with Crippen LogP contribution in [0.3, 0.4) is 0 Å². The van der Waals surface area contributed by atoms with E-state index in [1.807, 2.05) is 20.8 Å². The largest absolute Gasteiger partial charge is 0.294 e. The van der Waals surface area contributed by atoms with E-state index in [0.717, 1.165) is 20.8 Å². The zero-order valence-corrected chi connectivity index (χ0v) is 39.6. The smallest absolute Gasteiger partial charge is 0.165 e. The lowest BCUT2D eigenvalue weighted by molar-refractivity contribution is 0.0891. The van der Waals surface area contributed by atoms with Gasteiger partial charge in [-0.2, -0.15) is 0 Å². The maximum absolute atomic E-state index is 13.0. The summed E-state index contributed by atoms with van der Waals surface area (Å²) in [5.74, 6) is -12.2. The molecule has 0 bridgehead atoms. The van der Waals surface area contributed by atoms with E-state index in [2.05, 4.69) is 0 Å². The number of rotatable bonds is 12. The number of Topliss-reactive ketones (excluding diaryl/α,β-unsaturated/α-hetero) is 4. The Hall–Kier alpha value is -3.28. The van der Waals surface area contributed by atoms with Crippen LogP contribution in [0.5, 0.6) is 0 Å². The topological polar surface area (TPSA) is 68.3 Å². The minimum atomic E-state index is -3.64. The van der Waals surface area contributed by atoms with Crippen molar-refractivity contribution in [3.05, 3.63) is 139 Å². The van der Waals surface area contributed by atoms with Crippen molar-refractivity contribution in [2.24, 2.45) is 45.2 Å². The van der Waals surface area contributed by atoms with Gasteiger partial charge in [-0.25, -0.2) is 0 Å². The Morgan fingerprint density at radius 2 is 0.766 bits per heavy atom. The number of carbonyl (C=O) groups excluding carboxylic acids is 4. The SMILES string of the molecule is [2H]C([2H])([2H])C(C)(C[C@]([2H])(C)C(=O)c1cccc(Cl)c1)C([2H])([2H])[2H].[2H]C([2H])([2H])C(C[C@]([2H])(C)C(=O)c1cccc(Cl)c1)(C([2H])([2H])[2H])C([2H])([2H])[2H].[2H]c1c([2H])c(Cl)c([2H])c(C(=O)[C@@]([2H])(C)CC(C([2H])([2H])[2H])(C([2H])([2H])[2H])C([2H])([2H])[2H])c1[2H].[2H]c1c([2H])c(Cl)c([2H])c(C(=O)[C@@]([2H])(C)CC(C)(C)C)c1[2H]. The number of carbonyl (C=O) groups is 4. The van der Waals surface area contributed by atoms with E-state index in [-0.39, 0.29) is 38.6 Å². The number of ketones is 4. The van der Waals surface area contributed by atoms with Crippen LogP contribution in [0.4, 0.5) is 0 Å². The average Bonchev–Trinajstić information content (AvgIpc) is 0.720. The van der Waals surface area contributed by atoms with Crippen LogP contribution in [0, 0.1) is 45.2 Å². The van der Waals surface area contributed by atoms with Crippen LogP contribution in [0.1, 0.15) is 227 Å². The van der Waals surface area contributed by atoms with Crippen molar-refractivity contribution in [3.8, 4) is 0 Å². The molecule has 0 aromatic heterocycles. The first-order valence-corrected chi connectivity index (χ1v) is 20.6. The molecule has 0 aliphatic rings. The molecule has 0 aliphatic heterocycles. The van der Waals surface area contributed by atoms with Gasteiger partial charge >= 0.3 is 0 Å². The Morgan fingerprint density at radius 1 is 0.469 bits per heavy atom. The van der Waals surface area contributed by atoms with E-state index >= 15 is 0 Å². The summed E-state index contributed by atoms with van der Waals surface area (Å²) in [4.78, 5) is 50.8. The van der Waals surface area contributed by atoms with Crippen molar-refractivity contribution in [2.75, 3.05) is 0 Å². The molecular weight excluding hydrogens is 878 g/mol. The third-order valence-electron chi connectivity index (χ3n) is 7.84. The second kappa shape index (κ2) is 26.2. The number of benzene rings is 4. The Labute approximate surface area is 458 Å². The molecule has 0 saturated heterocycles. The van der Waals surface area contributed by atoms with Crippen LogP contribution >= 0.6 is 46.4 Å². The highest BCUT2D eigenvalue weighted by atomic mass is 35.5. The van der Waals surface area contributed by atoms with Crippen LogP contribution in [0.25, 0.3) is 0 Å². The van der Waals surface area contributed by atoms with Crippen molar-refractivity contribution in [3.63, 3.8) is 0 Å². The Morgan fingerprint density at radius 3 is 1.06 bits per heavy atom. The monoisotopic (exact) mass is 989 g/mol. The Kier molecular flexibility index (Phi) is 9.46. The molecule has 0 fully saturated rings. The van der Waals surface area contributed by atoms with E-state index in [0.29, 0.717) is 5.02 Å². The number of halogens is 4. The first-order chi connectivity index (χ1) is 43.8. The quantitative estimate of drug-likeness (QED) is 0.133. The molecule has 4 nitrogen and oxygen atoms in total. The van der Waals surface area contributed by atoms with Crippen molar-refractivity contribution >= 4 is 69.5 Å². The van der Waals surface area contributed by atoms with E-state index in [1.165, 1.54) is 50.2 Å². The zero-order valence-electron chi connectivity index (χ0n) is 72.6. The van der Waals surface area contributed by atoms with Crippen molar-refractivity contribution in [2.45, 2.75) is 136 Å². The first-order valence-electron chi connectivity index (χ1n) is 37.0. The molecule has 64 heavy (non-hydrogen) atoms. The summed E-state index contributed by atoms with van der Waals surface area (Å²) in [7, 11) is 0.